The summed E-state index contributed by atoms with van der Waals surface area (Å²) in [7, 11) is 0. The number of likely N-dealkylation sites (tertiary alicyclic amines) is 1. The number of rotatable bonds is 4. The second kappa shape index (κ2) is 7.15. The number of carbonyl (C=O) groups is 1. The van der Waals surface area contributed by atoms with E-state index in [-0.39, 0.29) is 11.5 Å². The average Bonchev–Trinajstić information content (AvgIpc) is 3.07. The third-order valence-electron chi connectivity index (χ3n) is 5.23. The van der Waals surface area contributed by atoms with Crippen LogP contribution in [0, 0.1) is 5.92 Å². The van der Waals surface area contributed by atoms with Crippen LogP contribution in [0.2, 0.25) is 0 Å². The highest BCUT2D eigenvalue weighted by Gasteiger charge is 2.23. The van der Waals surface area contributed by atoms with Gasteiger partial charge in [0.05, 0.1) is 12.7 Å². The monoisotopic (exact) mass is 350 g/mol. The Labute approximate surface area is 151 Å². The van der Waals surface area contributed by atoms with Gasteiger partial charge in [0, 0.05) is 49.0 Å². The van der Waals surface area contributed by atoms with E-state index in [4.69, 9.17) is 0 Å². The van der Waals surface area contributed by atoms with E-state index in [1.165, 1.54) is 12.3 Å². The first-order valence-electron chi connectivity index (χ1n) is 9.04. The van der Waals surface area contributed by atoms with Crippen LogP contribution in [0.15, 0.2) is 53.8 Å². The van der Waals surface area contributed by atoms with E-state index in [9.17, 15) is 9.59 Å². The van der Waals surface area contributed by atoms with Gasteiger partial charge in [-0.05, 0) is 30.4 Å². The van der Waals surface area contributed by atoms with E-state index < -0.39 is 0 Å². The normalized spacial score (nSPS) is 15.5. The number of benzene rings is 1. The molecule has 6 nitrogen and oxygen atoms in total. The molecule has 3 heterocycles. The fraction of sp³-hybridized carbons (Fsp3) is 0.350. The number of aromatic amines is 1. The molecule has 0 atom stereocenters. The maximum atomic E-state index is 12.7. The minimum atomic E-state index is -0.0159. The van der Waals surface area contributed by atoms with E-state index in [2.05, 4.69) is 9.97 Å². The van der Waals surface area contributed by atoms with Crippen LogP contribution in [0.3, 0.4) is 0 Å². The number of hydrogen-bond donors (Lipinski definition) is 1. The number of fused-ring (bicyclic) bond motifs is 1. The maximum absolute atomic E-state index is 12.7. The molecule has 0 bridgehead atoms. The van der Waals surface area contributed by atoms with Crippen molar-refractivity contribution in [2.24, 2.45) is 5.92 Å². The lowest BCUT2D eigenvalue weighted by atomic mass is 9.96. The number of para-hydroxylation sites is 1. The number of H-pyrrole nitrogens is 1. The van der Waals surface area contributed by atoms with Crippen LogP contribution in [0.25, 0.3) is 10.9 Å². The van der Waals surface area contributed by atoms with Gasteiger partial charge in [0.15, 0.2) is 0 Å². The van der Waals surface area contributed by atoms with Crippen LogP contribution in [0.1, 0.15) is 18.4 Å². The first kappa shape index (κ1) is 16.6. The van der Waals surface area contributed by atoms with Crippen molar-refractivity contribution in [3.05, 3.63) is 65.0 Å². The van der Waals surface area contributed by atoms with Gasteiger partial charge in [-0.1, -0.05) is 18.2 Å². The Bertz CT molecular complexity index is 967. The number of hydrogen-bond acceptors (Lipinski definition) is 3. The predicted octanol–water partition coefficient (Wildman–Crippen LogP) is 2.21. The van der Waals surface area contributed by atoms with Crippen molar-refractivity contribution in [3.63, 3.8) is 0 Å². The first-order chi connectivity index (χ1) is 12.7. The third-order valence-corrected chi connectivity index (χ3v) is 5.23. The summed E-state index contributed by atoms with van der Waals surface area (Å²) in [6.45, 7) is 2.18. The molecular formula is C20H22N4O2. The number of amides is 1. The highest BCUT2D eigenvalue weighted by atomic mass is 16.2. The molecule has 0 unspecified atom stereocenters. The molecule has 6 heteroatoms. The zero-order chi connectivity index (χ0) is 17.9. The largest absolute Gasteiger partial charge is 0.361 e. The minimum Gasteiger partial charge on any atom is -0.361 e. The molecule has 0 saturated carbocycles. The summed E-state index contributed by atoms with van der Waals surface area (Å²) < 4.78 is 1.66. The number of nitrogens with one attached hydrogen (secondary N) is 1. The van der Waals surface area contributed by atoms with Crippen LogP contribution >= 0.6 is 0 Å². The van der Waals surface area contributed by atoms with Crippen molar-refractivity contribution in [2.45, 2.75) is 25.8 Å². The van der Waals surface area contributed by atoms with E-state index in [0.717, 1.165) is 42.4 Å². The predicted molar refractivity (Wildman–Crippen MR) is 99.8 cm³/mol. The highest BCUT2D eigenvalue weighted by molar-refractivity contribution is 5.88. The lowest BCUT2D eigenvalue weighted by Gasteiger charge is -2.32. The number of aromatic nitrogens is 3. The summed E-state index contributed by atoms with van der Waals surface area (Å²) in [5.74, 6) is 0.584. The summed E-state index contributed by atoms with van der Waals surface area (Å²) in [5.41, 5.74) is 2.10. The van der Waals surface area contributed by atoms with Crippen molar-refractivity contribution in [1.82, 2.24) is 19.4 Å². The molecule has 1 aliphatic heterocycles. The Hall–Kier alpha value is -2.89. The maximum Gasteiger partial charge on any atom is 0.253 e. The van der Waals surface area contributed by atoms with Crippen molar-refractivity contribution in [1.29, 1.82) is 0 Å². The number of carbonyl (C=O) groups excluding carboxylic acids is 1. The summed E-state index contributed by atoms with van der Waals surface area (Å²) in [5, 5.41) is 1.12. The molecule has 1 amide bonds. The van der Waals surface area contributed by atoms with Crippen molar-refractivity contribution in [2.75, 3.05) is 13.1 Å². The second-order valence-corrected chi connectivity index (χ2v) is 6.93. The topological polar surface area (TPSA) is 71.0 Å². The summed E-state index contributed by atoms with van der Waals surface area (Å²) in [6, 6.07) is 9.54. The molecule has 2 aromatic heterocycles. The van der Waals surface area contributed by atoms with Gasteiger partial charge >= 0.3 is 0 Å². The molecule has 0 radical (unpaired) electrons. The fourth-order valence-corrected chi connectivity index (χ4v) is 3.71. The zero-order valence-electron chi connectivity index (χ0n) is 14.6. The van der Waals surface area contributed by atoms with Crippen molar-refractivity contribution in [3.8, 4) is 0 Å². The lowest BCUT2D eigenvalue weighted by molar-refractivity contribution is -0.131. The molecule has 4 rings (SSSR count). The Balaban J connectivity index is 1.35. The second-order valence-electron chi connectivity index (χ2n) is 6.93. The van der Waals surface area contributed by atoms with E-state index in [1.807, 2.05) is 35.4 Å². The summed E-state index contributed by atoms with van der Waals surface area (Å²) >= 11 is 0. The van der Waals surface area contributed by atoms with Gasteiger partial charge < -0.3 is 9.88 Å². The SMILES string of the molecule is O=C(Cc1c[nH]c2ccccc12)N1CCC(Cn2cnccc2=O)CC1. The van der Waals surface area contributed by atoms with Gasteiger partial charge in [-0.2, -0.15) is 0 Å². The molecule has 1 saturated heterocycles. The summed E-state index contributed by atoms with van der Waals surface area (Å²) in [4.78, 5) is 33.7. The van der Waals surface area contributed by atoms with Crippen LogP contribution in [-0.4, -0.2) is 38.4 Å². The quantitative estimate of drug-likeness (QED) is 0.784. The van der Waals surface area contributed by atoms with Gasteiger partial charge in [-0.3, -0.25) is 14.2 Å². The Kier molecular flexibility index (Phi) is 4.56. The molecule has 1 N–H and O–H groups in total. The molecule has 1 aliphatic rings. The standard InChI is InChI=1S/C20H22N4O2/c25-19-5-8-21-14-24(19)13-15-6-9-23(10-7-15)20(26)11-16-12-22-18-4-2-1-3-17(16)18/h1-5,8,12,14-15,22H,6-7,9-11,13H2. The van der Waals surface area contributed by atoms with Crippen molar-refractivity contribution < 1.29 is 4.79 Å². The van der Waals surface area contributed by atoms with Gasteiger partial charge in [-0.15, -0.1) is 0 Å². The van der Waals surface area contributed by atoms with Crippen LogP contribution in [-0.2, 0) is 17.8 Å². The van der Waals surface area contributed by atoms with Crippen LogP contribution < -0.4 is 5.56 Å². The molecule has 1 fully saturated rings. The minimum absolute atomic E-state index is 0.0159. The third kappa shape index (κ3) is 3.40. The molecule has 3 aromatic rings. The summed E-state index contributed by atoms with van der Waals surface area (Å²) in [6.07, 6.45) is 7.31. The van der Waals surface area contributed by atoms with Gasteiger partial charge in [0.2, 0.25) is 5.91 Å². The first-order valence-corrected chi connectivity index (χ1v) is 9.04. The van der Waals surface area contributed by atoms with Gasteiger partial charge in [-0.25, -0.2) is 4.98 Å². The number of piperidine rings is 1. The van der Waals surface area contributed by atoms with Crippen LogP contribution in [0.4, 0.5) is 0 Å². The van der Waals surface area contributed by atoms with Gasteiger partial charge in [0.1, 0.15) is 0 Å². The zero-order valence-corrected chi connectivity index (χ0v) is 14.6. The Morgan fingerprint density at radius 2 is 2.00 bits per heavy atom. The molecule has 0 aliphatic carbocycles. The molecule has 0 spiro atoms. The molecule has 1 aromatic carbocycles. The van der Waals surface area contributed by atoms with Crippen molar-refractivity contribution >= 4 is 16.8 Å². The smallest absolute Gasteiger partial charge is 0.253 e. The van der Waals surface area contributed by atoms with E-state index in [0.29, 0.717) is 18.9 Å². The highest BCUT2D eigenvalue weighted by Crippen LogP contribution is 2.22. The lowest BCUT2D eigenvalue weighted by Crippen LogP contribution is -2.40. The average molecular weight is 350 g/mol. The molecule has 26 heavy (non-hydrogen) atoms. The van der Waals surface area contributed by atoms with Crippen LogP contribution in [0.5, 0.6) is 0 Å². The molecular weight excluding hydrogens is 328 g/mol. The fourth-order valence-electron chi connectivity index (χ4n) is 3.71. The van der Waals surface area contributed by atoms with Gasteiger partial charge in [0.25, 0.3) is 5.56 Å². The molecule has 134 valence electrons. The Morgan fingerprint density at radius 3 is 2.81 bits per heavy atom. The van der Waals surface area contributed by atoms with E-state index >= 15 is 0 Å². The number of nitrogens with zero attached hydrogens (tertiary/aromatic N) is 3. The Morgan fingerprint density at radius 1 is 1.19 bits per heavy atom. The van der Waals surface area contributed by atoms with E-state index in [1.54, 1.807) is 10.9 Å².